The lowest BCUT2D eigenvalue weighted by molar-refractivity contribution is 0.778. The number of aromatic amines is 1. The molecule has 3 nitrogen and oxygen atoms in total. The zero-order valence-electron chi connectivity index (χ0n) is 6.48. The smallest absolute Gasteiger partial charge is 0.0803 e. The second kappa shape index (κ2) is 2.87. The summed E-state index contributed by atoms with van der Waals surface area (Å²) >= 11 is 1.95. The molecule has 1 aliphatic heterocycles. The van der Waals surface area contributed by atoms with Gasteiger partial charge >= 0.3 is 0 Å². The summed E-state index contributed by atoms with van der Waals surface area (Å²) in [5.74, 6) is 2.23. The second-order valence-electron chi connectivity index (χ2n) is 2.65. The second-order valence-corrected chi connectivity index (χ2v) is 3.64. The maximum Gasteiger partial charge on any atom is 0.0803 e. The molecule has 0 aromatic carbocycles. The van der Waals surface area contributed by atoms with Gasteiger partial charge in [-0.05, 0) is 7.05 Å². The summed E-state index contributed by atoms with van der Waals surface area (Å²) in [4.78, 5) is 0. The van der Waals surface area contributed by atoms with Gasteiger partial charge in [-0.2, -0.15) is 16.9 Å². The zero-order valence-corrected chi connectivity index (χ0v) is 7.29. The number of hydrogen-bond donors (Lipinski definition) is 2. The van der Waals surface area contributed by atoms with E-state index >= 15 is 0 Å². The van der Waals surface area contributed by atoms with Gasteiger partial charge in [0.05, 0.1) is 5.69 Å². The van der Waals surface area contributed by atoms with Crippen molar-refractivity contribution in [1.82, 2.24) is 15.5 Å². The van der Waals surface area contributed by atoms with Crippen molar-refractivity contribution in [2.24, 2.45) is 0 Å². The average Bonchev–Trinajstić information content (AvgIpc) is 2.53. The molecule has 60 valence electrons. The number of H-pyrrole nitrogens is 1. The number of fused-ring (bicyclic) bond motifs is 1. The summed E-state index contributed by atoms with van der Waals surface area (Å²) in [6.07, 6.45) is 0. The maximum atomic E-state index is 4.23. The molecule has 2 rings (SSSR count). The highest BCUT2D eigenvalue weighted by Crippen LogP contribution is 2.29. The molecule has 2 heterocycles. The lowest BCUT2D eigenvalue weighted by Gasteiger charge is -1.95. The first-order valence-corrected chi connectivity index (χ1v) is 4.84. The van der Waals surface area contributed by atoms with Crippen molar-refractivity contribution >= 4 is 11.8 Å². The van der Waals surface area contributed by atoms with Crippen molar-refractivity contribution in [2.45, 2.75) is 18.1 Å². The maximum absolute atomic E-state index is 4.23. The monoisotopic (exact) mass is 169 g/mol. The molecule has 0 atom stereocenters. The molecule has 0 saturated heterocycles. The fraction of sp³-hybridized carbons (Fsp3) is 0.571. The van der Waals surface area contributed by atoms with E-state index in [1.807, 2.05) is 18.8 Å². The summed E-state index contributed by atoms with van der Waals surface area (Å²) < 4.78 is 0. The van der Waals surface area contributed by atoms with Gasteiger partial charge in [0, 0.05) is 29.3 Å². The van der Waals surface area contributed by atoms with Crippen LogP contribution in [-0.4, -0.2) is 17.2 Å². The Morgan fingerprint density at radius 1 is 1.64 bits per heavy atom. The summed E-state index contributed by atoms with van der Waals surface area (Å²) in [7, 11) is 1.95. The molecule has 1 aliphatic rings. The fourth-order valence-electron chi connectivity index (χ4n) is 1.30. The number of rotatable bonds is 2. The highest BCUT2D eigenvalue weighted by Gasteiger charge is 2.17. The van der Waals surface area contributed by atoms with Crippen molar-refractivity contribution < 1.29 is 0 Å². The molecule has 11 heavy (non-hydrogen) atoms. The van der Waals surface area contributed by atoms with E-state index in [0.717, 1.165) is 18.1 Å². The molecular formula is C7H11N3S. The predicted molar refractivity (Wildman–Crippen MR) is 46.4 cm³/mol. The third kappa shape index (κ3) is 1.16. The molecular weight excluding hydrogens is 158 g/mol. The zero-order chi connectivity index (χ0) is 7.68. The standard InChI is InChI=1S/C7H11N3S/c1-8-2-6-5-3-11-4-7(5)10-9-6/h8H,2-4H2,1H3,(H,9,10). The van der Waals surface area contributed by atoms with Crippen molar-refractivity contribution in [3.63, 3.8) is 0 Å². The van der Waals surface area contributed by atoms with Crippen LogP contribution >= 0.6 is 11.8 Å². The van der Waals surface area contributed by atoms with Crippen LogP contribution in [0.3, 0.4) is 0 Å². The molecule has 1 aromatic heterocycles. The SMILES string of the molecule is CNCc1n[nH]c2c1CSC2. The van der Waals surface area contributed by atoms with E-state index in [0.29, 0.717) is 0 Å². The number of hydrogen-bond acceptors (Lipinski definition) is 3. The molecule has 0 amide bonds. The summed E-state index contributed by atoms with van der Waals surface area (Å²) in [6, 6.07) is 0. The van der Waals surface area contributed by atoms with Crippen molar-refractivity contribution in [1.29, 1.82) is 0 Å². The van der Waals surface area contributed by atoms with Gasteiger partial charge < -0.3 is 5.32 Å². The predicted octanol–water partition coefficient (Wildman–Crippen LogP) is 0.876. The van der Waals surface area contributed by atoms with Crippen LogP contribution in [0.2, 0.25) is 0 Å². The normalized spacial score (nSPS) is 15.4. The van der Waals surface area contributed by atoms with Gasteiger partial charge in [-0.25, -0.2) is 0 Å². The molecule has 0 saturated carbocycles. The van der Waals surface area contributed by atoms with Crippen LogP contribution in [0.1, 0.15) is 17.0 Å². The molecule has 0 unspecified atom stereocenters. The Labute approximate surface area is 70.0 Å². The van der Waals surface area contributed by atoms with E-state index < -0.39 is 0 Å². The van der Waals surface area contributed by atoms with Gasteiger partial charge in [0.2, 0.25) is 0 Å². The van der Waals surface area contributed by atoms with E-state index in [1.54, 1.807) is 0 Å². The van der Waals surface area contributed by atoms with E-state index in [2.05, 4.69) is 15.5 Å². The van der Waals surface area contributed by atoms with Crippen LogP contribution in [0.4, 0.5) is 0 Å². The molecule has 0 radical (unpaired) electrons. The number of aromatic nitrogens is 2. The minimum absolute atomic E-state index is 0.881. The Kier molecular flexibility index (Phi) is 1.87. The van der Waals surface area contributed by atoms with E-state index in [9.17, 15) is 0 Å². The molecule has 0 bridgehead atoms. The Hall–Kier alpha value is -0.480. The van der Waals surface area contributed by atoms with Crippen LogP contribution in [0.25, 0.3) is 0 Å². The van der Waals surface area contributed by atoms with Gasteiger partial charge in [0.15, 0.2) is 0 Å². The van der Waals surface area contributed by atoms with Crippen LogP contribution in [0.15, 0.2) is 0 Å². The highest BCUT2D eigenvalue weighted by molar-refractivity contribution is 7.98. The third-order valence-electron chi connectivity index (χ3n) is 1.88. The fourth-order valence-corrected chi connectivity index (χ4v) is 2.39. The Morgan fingerprint density at radius 3 is 3.36 bits per heavy atom. The first kappa shape index (κ1) is 7.18. The van der Waals surface area contributed by atoms with Gasteiger partial charge in [-0.1, -0.05) is 0 Å². The van der Waals surface area contributed by atoms with Gasteiger partial charge in [0.1, 0.15) is 0 Å². The molecule has 4 heteroatoms. The molecule has 0 aliphatic carbocycles. The molecule has 1 aromatic rings. The summed E-state index contributed by atoms with van der Waals surface area (Å²) in [5, 5.41) is 10.4. The van der Waals surface area contributed by atoms with Crippen molar-refractivity contribution in [3.8, 4) is 0 Å². The lowest BCUT2D eigenvalue weighted by Crippen LogP contribution is -2.06. The summed E-state index contributed by atoms with van der Waals surface area (Å²) in [5.41, 5.74) is 3.93. The topological polar surface area (TPSA) is 40.7 Å². The number of nitrogens with zero attached hydrogens (tertiary/aromatic N) is 1. The Morgan fingerprint density at radius 2 is 2.55 bits per heavy atom. The first-order chi connectivity index (χ1) is 5.42. The van der Waals surface area contributed by atoms with E-state index in [-0.39, 0.29) is 0 Å². The summed E-state index contributed by atoms with van der Waals surface area (Å²) in [6.45, 7) is 0.881. The van der Waals surface area contributed by atoms with E-state index in [4.69, 9.17) is 0 Å². The number of nitrogens with one attached hydrogen (secondary N) is 2. The average molecular weight is 169 g/mol. The Bertz CT molecular complexity index is 256. The highest BCUT2D eigenvalue weighted by atomic mass is 32.2. The van der Waals surface area contributed by atoms with Crippen molar-refractivity contribution in [3.05, 3.63) is 17.0 Å². The van der Waals surface area contributed by atoms with Gasteiger partial charge in [0.25, 0.3) is 0 Å². The van der Waals surface area contributed by atoms with Crippen molar-refractivity contribution in [2.75, 3.05) is 7.05 Å². The minimum Gasteiger partial charge on any atom is -0.314 e. The van der Waals surface area contributed by atoms with Crippen LogP contribution in [0, 0.1) is 0 Å². The quantitative estimate of drug-likeness (QED) is 0.690. The lowest BCUT2D eigenvalue weighted by atomic mass is 10.2. The Balaban J connectivity index is 2.27. The van der Waals surface area contributed by atoms with Crippen LogP contribution < -0.4 is 5.32 Å². The van der Waals surface area contributed by atoms with Crippen LogP contribution in [0.5, 0.6) is 0 Å². The molecule has 0 spiro atoms. The first-order valence-electron chi connectivity index (χ1n) is 3.69. The largest absolute Gasteiger partial charge is 0.314 e. The molecule has 0 fully saturated rings. The van der Waals surface area contributed by atoms with Gasteiger partial charge in [-0.3, -0.25) is 5.10 Å². The minimum atomic E-state index is 0.881. The van der Waals surface area contributed by atoms with Gasteiger partial charge in [-0.15, -0.1) is 0 Å². The van der Waals surface area contributed by atoms with Crippen LogP contribution in [-0.2, 0) is 18.1 Å². The molecule has 2 N–H and O–H groups in total. The number of thioether (sulfide) groups is 1. The third-order valence-corrected chi connectivity index (χ3v) is 2.86. The van der Waals surface area contributed by atoms with E-state index in [1.165, 1.54) is 17.0 Å².